The van der Waals surface area contributed by atoms with Gasteiger partial charge in [0.1, 0.15) is 5.15 Å². The van der Waals surface area contributed by atoms with Crippen LogP contribution < -0.4 is 4.90 Å². The third-order valence-corrected chi connectivity index (χ3v) is 3.20. The van der Waals surface area contributed by atoms with Crippen molar-refractivity contribution < 1.29 is 0 Å². The monoisotopic (exact) mass is 224 g/mol. The molecule has 0 amide bonds. The Morgan fingerprint density at radius 3 is 2.47 bits per heavy atom. The Hall–Kier alpha value is -0.760. The summed E-state index contributed by atoms with van der Waals surface area (Å²) in [5.74, 6) is 0. The van der Waals surface area contributed by atoms with E-state index in [1.54, 1.807) is 0 Å². The predicted octanol–water partition coefficient (Wildman–Crippen LogP) is 3.42. The van der Waals surface area contributed by atoms with Gasteiger partial charge < -0.3 is 4.90 Å². The molecule has 0 N–H and O–H groups in total. The molecule has 2 rings (SSSR count). The standard InChI is InChI=1S/C12H17ClN2/c1-10-8-12(13)14-9-11(10)15-6-4-2-3-5-7-15/h8-9H,2-7H2,1H3. The molecule has 0 spiro atoms. The molecule has 0 bridgehead atoms. The van der Waals surface area contributed by atoms with Crippen LogP contribution in [-0.4, -0.2) is 18.1 Å². The lowest BCUT2D eigenvalue weighted by atomic mass is 10.2. The third kappa shape index (κ3) is 2.63. The fourth-order valence-corrected chi connectivity index (χ4v) is 2.37. The molecular formula is C12H17ClN2. The fraction of sp³-hybridized carbons (Fsp3) is 0.583. The lowest BCUT2D eigenvalue weighted by Gasteiger charge is -2.24. The van der Waals surface area contributed by atoms with Crippen LogP contribution in [-0.2, 0) is 0 Å². The van der Waals surface area contributed by atoms with Crippen LogP contribution in [0.25, 0.3) is 0 Å². The molecule has 1 aliphatic rings. The van der Waals surface area contributed by atoms with Crippen LogP contribution >= 0.6 is 11.6 Å². The summed E-state index contributed by atoms with van der Waals surface area (Å²) in [5, 5.41) is 0.589. The molecule has 1 aliphatic heterocycles. The zero-order valence-corrected chi connectivity index (χ0v) is 9.93. The maximum absolute atomic E-state index is 5.86. The summed E-state index contributed by atoms with van der Waals surface area (Å²) < 4.78 is 0. The topological polar surface area (TPSA) is 16.1 Å². The van der Waals surface area contributed by atoms with E-state index in [9.17, 15) is 0 Å². The molecular weight excluding hydrogens is 208 g/mol. The summed E-state index contributed by atoms with van der Waals surface area (Å²) >= 11 is 5.86. The summed E-state index contributed by atoms with van der Waals surface area (Å²) in [4.78, 5) is 6.61. The van der Waals surface area contributed by atoms with Gasteiger partial charge in [0.25, 0.3) is 0 Å². The summed E-state index contributed by atoms with van der Waals surface area (Å²) in [6.07, 6.45) is 7.21. The number of nitrogens with zero attached hydrogens (tertiary/aromatic N) is 2. The van der Waals surface area contributed by atoms with Crippen LogP contribution in [0.1, 0.15) is 31.2 Å². The summed E-state index contributed by atoms with van der Waals surface area (Å²) in [6, 6.07) is 1.95. The van der Waals surface area contributed by atoms with E-state index in [-0.39, 0.29) is 0 Å². The maximum Gasteiger partial charge on any atom is 0.129 e. The molecule has 2 nitrogen and oxygen atoms in total. The highest BCUT2D eigenvalue weighted by atomic mass is 35.5. The molecule has 15 heavy (non-hydrogen) atoms. The van der Waals surface area contributed by atoms with Gasteiger partial charge in [0, 0.05) is 13.1 Å². The Kier molecular flexibility index (Phi) is 3.47. The number of hydrogen-bond donors (Lipinski definition) is 0. The Morgan fingerprint density at radius 1 is 1.20 bits per heavy atom. The quantitative estimate of drug-likeness (QED) is 0.680. The van der Waals surface area contributed by atoms with Crippen molar-refractivity contribution in [2.24, 2.45) is 0 Å². The molecule has 0 saturated carbocycles. The van der Waals surface area contributed by atoms with Gasteiger partial charge in [0.05, 0.1) is 11.9 Å². The van der Waals surface area contributed by atoms with Gasteiger partial charge in [-0.05, 0) is 31.4 Å². The smallest absolute Gasteiger partial charge is 0.129 e. The number of hydrogen-bond acceptors (Lipinski definition) is 2. The maximum atomic E-state index is 5.86. The van der Waals surface area contributed by atoms with Gasteiger partial charge in [0.15, 0.2) is 0 Å². The Morgan fingerprint density at radius 2 is 1.87 bits per heavy atom. The lowest BCUT2D eigenvalue weighted by Crippen LogP contribution is -2.24. The van der Waals surface area contributed by atoms with E-state index in [2.05, 4.69) is 16.8 Å². The number of pyridine rings is 1. The largest absolute Gasteiger partial charge is 0.370 e. The van der Waals surface area contributed by atoms with Crippen LogP contribution in [0.15, 0.2) is 12.3 Å². The van der Waals surface area contributed by atoms with Crippen LogP contribution in [0.4, 0.5) is 5.69 Å². The van der Waals surface area contributed by atoms with E-state index in [1.807, 2.05) is 12.3 Å². The second-order valence-corrected chi connectivity index (χ2v) is 4.58. The van der Waals surface area contributed by atoms with Gasteiger partial charge in [-0.1, -0.05) is 24.4 Å². The first-order chi connectivity index (χ1) is 7.27. The number of halogens is 1. The first kappa shape index (κ1) is 10.7. The van der Waals surface area contributed by atoms with Crippen LogP contribution in [0.5, 0.6) is 0 Å². The van der Waals surface area contributed by atoms with Crippen molar-refractivity contribution in [3.63, 3.8) is 0 Å². The van der Waals surface area contributed by atoms with Crippen molar-refractivity contribution in [2.45, 2.75) is 32.6 Å². The van der Waals surface area contributed by atoms with Crippen molar-refractivity contribution in [1.29, 1.82) is 0 Å². The van der Waals surface area contributed by atoms with E-state index < -0.39 is 0 Å². The number of rotatable bonds is 1. The molecule has 0 aliphatic carbocycles. The number of aryl methyl sites for hydroxylation is 1. The molecule has 82 valence electrons. The van der Waals surface area contributed by atoms with Gasteiger partial charge in [-0.2, -0.15) is 0 Å². The minimum absolute atomic E-state index is 0.589. The van der Waals surface area contributed by atoms with Crippen LogP contribution in [0.3, 0.4) is 0 Å². The van der Waals surface area contributed by atoms with Gasteiger partial charge in [-0.15, -0.1) is 0 Å². The van der Waals surface area contributed by atoms with Crippen molar-refractivity contribution in [3.05, 3.63) is 23.0 Å². The Bertz CT molecular complexity index is 330. The Labute approximate surface area is 96.3 Å². The Balaban J connectivity index is 2.19. The summed E-state index contributed by atoms with van der Waals surface area (Å²) in [6.45, 7) is 4.42. The first-order valence-corrected chi connectivity index (χ1v) is 6.02. The van der Waals surface area contributed by atoms with Crippen molar-refractivity contribution in [2.75, 3.05) is 18.0 Å². The minimum Gasteiger partial charge on any atom is -0.370 e. The minimum atomic E-state index is 0.589. The van der Waals surface area contributed by atoms with E-state index in [0.717, 1.165) is 13.1 Å². The normalized spacial score (nSPS) is 17.6. The highest BCUT2D eigenvalue weighted by Gasteiger charge is 2.12. The van der Waals surface area contributed by atoms with Crippen LogP contribution in [0.2, 0.25) is 5.15 Å². The van der Waals surface area contributed by atoms with Crippen molar-refractivity contribution in [1.82, 2.24) is 4.98 Å². The van der Waals surface area contributed by atoms with E-state index in [4.69, 9.17) is 11.6 Å². The van der Waals surface area contributed by atoms with E-state index in [1.165, 1.54) is 36.9 Å². The molecule has 1 aromatic rings. The molecule has 1 fully saturated rings. The summed E-state index contributed by atoms with van der Waals surface area (Å²) in [7, 11) is 0. The van der Waals surface area contributed by atoms with Gasteiger partial charge in [-0.25, -0.2) is 4.98 Å². The van der Waals surface area contributed by atoms with Gasteiger partial charge >= 0.3 is 0 Å². The SMILES string of the molecule is Cc1cc(Cl)ncc1N1CCCCCC1. The average Bonchev–Trinajstić information content (AvgIpc) is 2.46. The van der Waals surface area contributed by atoms with Gasteiger partial charge in [-0.3, -0.25) is 0 Å². The molecule has 3 heteroatoms. The zero-order chi connectivity index (χ0) is 10.7. The van der Waals surface area contributed by atoms with Gasteiger partial charge in [0.2, 0.25) is 0 Å². The molecule has 0 atom stereocenters. The fourth-order valence-electron chi connectivity index (χ4n) is 2.16. The van der Waals surface area contributed by atoms with Crippen LogP contribution in [0, 0.1) is 6.92 Å². The molecule has 1 saturated heterocycles. The molecule has 0 radical (unpaired) electrons. The summed E-state index contributed by atoms with van der Waals surface area (Å²) in [5.41, 5.74) is 2.48. The molecule has 2 heterocycles. The average molecular weight is 225 g/mol. The van der Waals surface area contributed by atoms with Crippen molar-refractivity contribution in [3.8, 4) is 0 Å². The third-order valence-electron chi connectivity index (χ3n) is 3.00. The van der Waals surface area contributed by atoms with E-state index in [0.29, 0.717) is 5.15 Å². The van der Waals surface area contributed by atoms with E-state index >= 15 is 0 Å². The second kappa shape index (κ2) is 4.84. The highest BCUT2D eigenvalue weighted by molar-refractivity contribution is 6.29. The highest BCUT2D eigenvalue weighted by Crippen LogP contribution is 2.24. The molecule has 0 aromatic carbocycles. The number of aromatic nitrogens is 1. The molecule has 0 unspecified atom stereocenters. The molecule has 1 aromatic heterocycles. The predicted molar refractivity (Wildman–Crippen MR) is 64.7 cm³/mol. The lowest BCUT2D eigenvalue weighted by molar-refractivity contribution is 0.726. The van der Waals surface area contributed by atoms with Crippen molar-refractivity contribution >= 4 is 17.3 Å². The number of anilines is 1. The zero-order valence-electron chi connectivity index (χ0n) is 9.17. The second-order valence-electron chi connectivity index (χ2n) is 4.19. The first-order valence-electron chi connectivity index (χ1n) is 5.64.